The maximum absolute atomic E-state index is 12.9. The molecule has 0 saturated heterocycles. The van der Waals surface area contributed by atoms with Crippen molar-refractivity contribution < 1.29 is 25.7 Å². The standard InChI is InChI=1S/C21H21N2O2S.CH3.ClH.Rh/c1-16-12-14-19(15-13-16)26(24,25)23-21(18-10-6-3-7-11-18)20(22)17-8-4-2-5-9-17;;;/h2-15,20-23H,1H3;1H3;1H;/q2*-1;;+3/p-1/t20-,21-;;;/m1.../s1. The third-order valence-corrected chi connectivity index (χ3v) is 5.72. The summed E-state index contributed by atoms with van der Waals surface area (Å²) in [4.78, 5) is 0.198. The van der Waals surface area contributed by atoms with Crippen LogP contribution in [0.4, 0.5) is 0 Å². The van der Waals surface area contributed by atoms with Gasteiger partial charge in [-0.25, -0.2) is 13.1 Å². The summed E-state index contributed by atoms with van der Waals surface area (Å²) in [5.41, 5.74) is 11.2. The molecule has 29 heavy (non-hydrogen) atoms. The Bertz CT molecular complexity index is 953. The Morgan fingerprint density at radius 3 is 1.76 bits per heavy atom. The van der Waals surface area contributed by atoms with Gasteiger partial charge >= 0.3 is 27.0 Å². The van der Waals surface area contributed by atoms with Gasteiger partial charge in [-0.1, -0.05) is 90.0 Å². The number of sulfonamides is 1. The van der Waals surface area contributed by atoms with Gasteiger partial charge < -0.3 is 13.2 Å². The second-order valence-electron chi connectivity index (χ2n) is 6.21. The summed E-state index contributed by atoms with van der Waals surface area (Å²) in [5, 5.41) is 0. The zero-order valence-corrected chi connectivity index (χ0v) is 19.4. The molecule has 2 N–H and O–H groups in total. The van der Waals surface area contributed by atoms with Crippen molar-refractivity contribution in [2.24, 2.45) is 0 Å². The van der Waals surface area contributed by atoms with Gasteiger partial charge in [-0.15, -0.1) is 0 Å². The maximum atomic E-state index is 12.9. The summed E-state index contributed by atoms with van der Waals surface area (Å²) < 4.78 is 28.5. The van der Waals surface area contributed by atoms with Crippen LogP contribution in [-0.4, -0.2) is 8.42 Å². The second-order valence-corrected chi connectivity index (χ2v) is 7.93. The summed E-state index contributed by atoms with van der Waals surface area (Å²) in [6.45, 7) is 1.91. The van der Waals surface area contributed by atoms with Gasteiger partial charge in [0.2, 0.25) is 10.0 Å². The van der Waals surface area contributed by atoms with Crippen molar-refractivity contribution in [2.75, 3.05) is 0 Å². The fourth-order valence-electron chi connectivity index (χ4n) is 2.79. The van der Waals surface area contributed by atoms with Crippen LogP contribution in [0.1, 0.15) is 28.8 Å². The zero-order valence-electron chi connectivity index (χ0n) is 16.2. The topological polar surface area (TPSA) is 70.0 Å². The molecule has 2 atom stereocenters. The number of hydrogen-bond acceptors (Lipinski definition) is 2. The van der Waals surface area contributed by atoms with Gasteiger partial charge in [0.1, 0.15) is 0 Å². The molecule has 3 aromatic carbocycles. The minimum atomic E-state index is -3.75. The molecule has 7 heteroatoms. The van der Waals surface area contributed by atoms with Gasteiger partial charge in [0, 0.05) is 6.04 Å². The molecule has 0 radical (unpaired) electrons. The molecule has 0 aliphatic carbocycles. The Balaban J connectivity index is 0.00000136. The molecule has 4 nitrogen and oxygen atoms in total. The van der Waals surface area contributed by atoms with Crippen LogP contribution in [0.25, 0.3) is 5.73 Å². The third-order valence-electron chi connectivity index (χ3n) is 4.26. The molecular weight excluding hydrogens is 495 g/mol. The van der Waals surface area contributed by atoms with Crippen LogP contribution in [-0.2, 0) is 27.3 Å². The van der Waals surface area contributed by atoms with E-state index in [0.717, 1.165) is 16.7 Å². The van der Waals surface area contributed by atoms with Crippen LogP contribution in [0.5, 0.6) is 0 Å². The molecule has 156 valence electrons. The minimum absolute atomic E-state index is 0. The summed E-state index contributed by atoms with van der Waals surface area (Å²) in [6.07, 6.45) is 0. The Hall–Kier alpha value is -1.56. The summed E-state index contributed by atoms with van der Waals surface area (Å²) >= 11 is 2.02. The SMILES string of the molecule is Cc1ccc(S(=O)(=O)N[C@H](c2ccccc2)[C@H]([NH-])c2ccccc2)cc1.[CH3-].[Cl][Rh+2]. The van der Waals surface area contributed by atoms with E-state index in [9.17, 15) is 8.42 Å². The van der Waals surface area contributed by atoms with E-state index in [1.165, 1.54) is 0 Å². The third kappa shape index (κ3) is 7.02. The molecule has 0 heterocycles. The normalized spacial score (nSPS) is 12.7. The molecule has 0 spiro atoms. The summed E-state index contributed by atoms with van der Waals surface area (Å²) in [6, 6.07) is 23.8. The Kier molecular flexibility index (Phi) is 10.7. The molecule has 0 saturated carbocycles. The predicted molar refractivity (Wildman–Crippen MR) is 116 cm³/mol. The first-order valence-electron chi connectivity index (χ1n) is 8.50. The van der Waals surface area contributed by atoms with Gasteiger partial charge in [0.15, 0.2) is 0 Å². The van der Waals surface area contributed by atoms with Gasteiger partial charge in [-0.3, -0.25) is 0 Å². The summed E-state index contributed by atoms with van der Waals surface area (Å²) in [7, 11) is 0.781. The van der Waals surface area contributed by atoms with E-state index in [1.807, 2.05) is 84.9 Å². The first kappa shape index (κ1) is 25.5. The molecule has 3 rings (SSSR count). The van der Waals surface area contributed by atoms with E-state index >= 15 is 0 Å². The van der Waals surface area contributed by atoms with Crippen molar-refractivity contribution in [2.45, 2.75) is 23.9 Å². The first-order chi connectivity index (χ1) is 13.5. The monoisotopic (exact) mass is 518 g/mol. The fraction of sp³-hybridized carbons (Fsp3) is 0.136. The van der Waals surface area contributed by atoms with Crippen LogP contribution in [0.3, 0.4) is 0 Å². The molecule has 0 fully saturated rings. The van der Waals surface area contributed by atoms with Gasteiger partial charge in [-0.2, -0.15) is 0 Å². The Morgan fingerprint density at radius 1 is 0.828 bits per heavy atom. The van der Waals surface area contributed by atoms with Crippen LogP contribution in [0, 0.1) is 14.4 Å². The number of halogens is 1. The van der Waals surface area contributed by atoms with E-state index in [-0.39, 0.29) is 12.3 Å². The van der Waals surface area contributed by atoms with Crippen molar-refractivity contribution in [3.8, 4) is 0 Å². The average molecular weight is 519 g/mol. The van der Waals surface area contributed by atoms with Crippen molar-refractivity contribution in [3.05, 3.63) is 115 Å². The van der Waals surface area contributed by atoms with E-state index < -0.39 is 22.1 Å². The Morgan fingerprint density at radius 2 is 1.28 bits per heavy atom. The molecule has 0 aromatic heterocycles. The van der Waals surface area contributed by atoms with Crippen LogP contribution in [0.2, 0.25) is 0 Å². The molecular formula is C22H24ClN2O2RhS. The molecule has 3 aromatic rings. The molecule has 0 amide bonds. The molecule has 0 unspecified atom stereocenters. The molecule has 0 bridgehead atoms. The zero-order chi connectivity index (χ0) is 20.6. The van der Waals surface area contributed by atoms with Gasteiger partial charge in [0.05, 0.1) is 4.90 Å². The van der Waals surface area contributed by atoms with Crippen LogP contribution in [0.15, 0.2) is 89.8 Å². The van der Waals surface area contributed by atoms with Crippen LogP contribution >= 0.6 is 9.69 Å². The number of rotatable bonds is 6. The second kappa shape index (κ2) is 12.2. The predicted octanol–water partition coefficient (Wildman–Crippen LogP) is 5.95. The van der Waals surface area contributed by atoms with E-state index in [4.69, 9.17) is 5.73 Å². The molecule has 0 aliphatic heterocycles. The van der Waals surface area contributed by atoms with E-state index in [2.05, 4.69) is 14.4 Å². The fourth-order valence-corrected chi connectivity index (χ4v) is 4.03. The van der Waals surface area contributed by atoms with Crippen molar-refractivity contribution in [1.29, 1.82) is 0 Å². The Labute approximate surface area is 188 Å². The van der Waals surface area contributed by atoms with Gasteiger partial charge in [-0.05, 0) is 24.6 Å². The number of hydrogen-bond donors (Lipinski definition) is 1. The van der Waals surface area contributed by atoms with Crippen molar-refractivity contribution in [3.63, 3.8) is 0 Å². The van der Waals surface area contributed by atoms with Crippen LogP contribution < -0.4 is 4.72 Å². The number of nitrogens with one attached hydrogen (secondary N) is 2. The average Bonchev–Trinajstić information content (AvgIpc) is 2.74. The van der Waals surface area contributed by atoms with E-state index in [0.29, 0.717) is 0 Å². The van der Waals surface area contributed by atoms with Gasteiger partial charge in [0.25, 0.3) is 0 Å². The number of aryl methyl sites for hydroxylation is 1. The molecule has 0 aliphatic rings. The quantitative estimate of drug-likeness (QED) is 0.324. The van der Waals surface area contributed by atoms with Crippen molar-refractivity contribution in [1.82, 2.24) is 4.72 Å². The summed E-state index contributed by atoms with van der Waals surface area (Å²) in [5.74, 6) is 0. The number of benzene rings is 3. The van der Waals surface area contributed by atoms with Crippen molar-refractivity contribution >= 4 is 19.7 Å². The van der Waals surface area contributed by atoms with E-state index in [1.54, 1.807) is 24.3 Å². The first-order valence-corrected chi connectivity index (χ1v) is 12.1.